The van der Waals surface area contributed by atoms with Gasteiger partial charge in [-0.2, -0.15) is 5.10 Å². The Kier molecular flexibility index (Phi) is 7.63. The zero-order valence-corrected chi connectivity index (χ0v) is 21.6. The molecule has 4 N–H and O–H groups in total. The number of aromatic nitrogens is 3. The predicted molar refractivity (Wildman–Crippen MR) is 148 cm³/mol. The third-order valence-corrected chi connectivity index (χ3v) is 6.83. The van der Waals surface area contributed by atoms with Crippen LogP contribution in [0.4, 0.5) is 13.2 Å². The van der Waals surface area contributed by atoms with Gasteiger partial charge in [0.05, 0.1) is 18.4 Å². The van der Waals surface area contributed by atoms with Crippen molar-refractivity contribution in [3.05, 3.63) is 114 Å². The summed E-state index contributed by atoms with van der Waals surface area (Å²) in [6.45, 7) is 1.58. The number of rotatable bonds is 9. The Morgan fingerprint density at radius 3 is 2.42 bits per heavy atom. The Morgan fingerprint density at radius 2 is 1.73 bits per heavy atom. The van der Waals surface area contributed by atoms with Crippen molar-refractivity contribution in [3.63, 3.8) is 0 Å². The molecule has 7 nitrogen and oxygen atoms in total. The van der Waals surface area contributed by atoms with E-state index >= 15 is 0 Å². The van der Waals surface area contributed by atoms with Crippen LogP contribution in [0.2, 0.25) is 0 Å². The lowest BCUT2D eigenvalue weighted by Crippen LogP contribution is -2.42. The molecule has 0 saturated heterocycles. The van der Waals surface area contributed by atoms with E-state index in [0.717, 1.165) is 46.2 Å². The lowest BCUT2D eigenvalue weighted by Gasteiger charge is -2.29. The fraction of sp³-hybridized carbons (Fsp3) is 0.167. The lowest BCUT2D eigenvalue weighted by molar-refractivity contribution is 0.0404. The van der Waals surface area contributed by atoms with Crippen molar-refractivity contribution < 1.29 is 18.3 Å². The first-order valence-electron chi connectivity index (χ1n) is 12.6. The molecule has 10 heteroatoms. The van der Waals surface area contributed by atoms with Gasteiger partial charge in [-0.05, 0) is 66.6 Å². The summed E-state index contributed by atoms with van der Waals surface area (Å²) < 4.78 is 43.5. The standard InChI is InChI=1S/C30H27F3N6O/c1-19(37-17-30(40,16-36-18-34)25-8-7-24(32)14-26(25)33)22-4-9-27-28(20-10-12-35-13-11-20)29(38-39(27)15-22)21-2-5-23(31)6-3-21/h2-15,18-19,37,40H,16-17H2,1H3,(H2,34,36)/t19-,30-/m0/s1. The second-order valence-corrected chi connectivity index (χ2v) is 9.51. The van der Waals surface area contributed by atoms with Crippen LogP contribution in [0.1, 0.15) is 24.1 Å². The number of aliphatic imine (C=N–C) groups is 1. The number of nitrogens with two attached hydrogens (primary N) is 1. The highest BCUT2D eigenvalue weighted by molar-refractivity contribution is 5.92. The summed E-state index contributed by atoms with van der Waals surface area (Å²) in [5, 5.41) is 19.4. The van der Waals surface area contributed by atoms with E-state index in [4.69, 9.17) is 10.8 Å². The maximum absolute atomic E-state index is 14.6. The van der Waals surface area contributed by atoms with Crippen molar-refractivity contribution >= 4 is 11.9 Å². The topological polar surface area (TPSA) is 101 Å². The predicted octanol–water partition coefficient (Wildman–Crippen LogP) is 5.01. The smallest absolute Gasteiger partial charge is 0.132 e. The second-order valence-electron chi connectivity index (χ2n) is 9.51. The van der Waals surface area contributed by atoms with E-state index < -0.39 is 17.2 Å². The molecule has 204 valence electrons. The number of fused-ring (bicyclic) bond motifs is 1. The number of halogens is 3. The number of aliphatic hydroxyl groups is 1. The highest BCUT2D eigenvalue weighted by Gasteiger charge is 2.32. The van der Waals surface area contributed by atoms with Crippen molar-refractivity contribution in [2.75, 3.05) is 13.1 Å². The summed E-state index contributed by atoms with van der Waals surface area (Å²) in [5.41, 5.74) is 8.42. The van der Waals surface area contributed by atoms with Crippen LogP contribution >= 0.6 is 0 Å². The molecule has 0 aliphatic heterocycles. The first-order chi connectivity index (χ1) is 19.3. The summed E-state index contributed by atoms with van der Waals surface area (Å²) in [4.78, 5) is 8.03. The van der Waals surface area contributed by atoms with Crippen molar-refractivity contribution in [3.8, 4) is 22.4 Å². The Labute approximate surface area is 228 Å². The van der Waals surface area contributed by atoms with Gasteiger partial charge < -0.3 is 16.2 Å². The van der Waals surface area contributed by atoms with Crippen LogP contribution in [0, 0.1) is 17.5 Å². The molecule has 0 spiro atoms. The summed E-state index contributed by atoms with van der Waals surface area (Å²) in [6, 6.07) is 16.5. The van der Waals surface area contributed by atoms with Crippen LogP contribution in [-0.2, 0) is 5.60 Å². The van der Waals surface area contributed by atoms with Gasteiger partial charge in [-0.1, -0.05) is 12.1 Å². The number of benzene rings is 2. The molecular weight excluding hydrogens is 517 g/mol. The normalized spacial score (nSPS) is 14.0. The average Bonchev–Trinajstić information content (AvgIpc) is 3.34. The van der Waals surface area contributed by atoms with E-state index in [2.05, 4.69) is 15.3 Å². The van der Waals surface area contributed by atoms with Gasteiger partial charge in [0, 0.05) is 53.9 Å². The molecule has 0 bridgehead atoms. The van der Waals surface area contributed by atoms with Crippen LogP contribution in [-0.4, -0.2) is 39.1 Å². The van der Waals surface area contributed by atoms with Gasteiger partial charge in [0.15, 0.2) is 0 Å². The number of hydrogen-bond donors (Lipinski definition) is 3. The zero-order valence-electron chi connectivity index (χ0n) is 21.6. The first kappa shape index (κ1) is 27.0. The average molecular weight is 545 g/mol. The number of pyridine rings is 2. The monoisotopic (exact) mass is 544 g/mol. The quantitative estimate of drug-likeness (QED) is 0.179. The van der Waals surface area contributed by atoms with Gasteiger partial charge in [-0.15, -0.1) is 0 Å². The van der Waals surface area contributed by atoms with Gasteiger partial charge in [0.1, 0.15) is 28.7 Å². The third kappa shape index (κ3) is 5.45. The molecule has 0 saturated carbocycles. The molecule has 2 aromatic carbocycles. The van der Waals surface area contributed by atoms with Gasteiger partial charge in [0.25, 0.3) is 0 Å². The molecule has 0 radical (unpaired) electrons. The molecule has 5 rings (SSSR count). The highest BCUT2D eigenvalue weighted by atomic mass is 19.1. The van der Waals surface area contributed by atoms with Crippen LogP contribution in [0.15, 0.2) is 90.3 Å². The second kappa shape index (κ2) is 11.3. The third-order valence-electron chi connectivity index (χ3n) is 6.83. The molecule has 2 atom stereocenters. The Morgan fingerprint density at radius 1 is 1.00 bits per heavy atom. The minimum atomic E-state index is -1.78. The molecule has 0 aliphatic carbocycles. The van der Waals surface area contributed by atoms with Crippen molar-refractivity contribution in [2.24, 2.45) is 10.7 Å². The van der Waals surface area contributed by atoms with Crippen molar-refractivity contribution in [1.29, 1.82) is 0 Å². The van der Waals surface area contributed by atoms with Crippen molar-refractivity contribution in [2.45, 2.75) is 18.6 Å². The van der Waals surface area contributed by atoms with Crippen LogP contribution < -0.4 is 11.1 Å². The summed E-state index contributed by atoms with van der Waals surface area (Å²) in [6.07, 6.45) is 6.29. The number of nitrogens with zero attached hydrogens (tertiary/aromatic N) is 4. The summed E-state index contributed by atoms with van der Waals surface area (Å²) >= 11 is 0. The molecule has 0 unspecified atom stereocenters. The Hall–Kier alpha value is -4.54. The van der Waals surface area contributed by atoms with E-state index in [1.165, 1.54) is 18.2 Å². The maximum atomic E-state index is 14.6. The molecule has 5 aromatic rings. The van der Waals surface area contributed by atoms with Crippen LogP contribution in [0.5, 0.6) is 0 Å². The van der Waals surface area contributed by atoms with Gasteiger partial charge in [0.2, 0.25) is 0 Å². The van der Waals surface area contributed by atoms with Gasteiger partial charge in [-0.3, -0.25) is 9.98 Å². The van der Waals surface area contributed by atoms with E-state index in [1.807, 2.05) is 37.4 Å². The Bertz CT molecular complexity index is 1660. The SMILES string of the molecule is C[C@H](NC[C@@](O)(CN=CN)c1ccc(F)cc1F)c1ccc2c(-c3ccncc3)c(-c3ccc(F)cc3)nn2c1. The number of nitrogens with one attached hydrogen (secondary N) is 1. The molecule has 0 fully saturated rings. The van der Waals surface area contributed by atoms with Crippen LogP contribution in [0.25, 0.3) is 27.9 Å². The Balaban J connectivity index is 1.48. The molecule has 0 aliphatic rings. The zero-order chi connectivity index (χ0) is 28.3. The minimum absolute atomic E-state index is 0.0890. The lowest BCUT2D eigenvalue weighted by atomic mass is 9.92. The molecule has 40 heavy (non-hydrogen) atoms. The van der Waals surface area contributed by atoms with Crippen molar-refractivity contribution in [1.82, 2.24) is 19.9 Å². The summed E-state index contributed by atoms with van der Waals surface area (Å²) in [5.74, 6) is -1.96. The van der Waals surface area contributed by atoms with Gasteiger partial charge in [-0.25, -0.2) is 17.7 Å². The van der Waals surface area contributed by atoms with Gasteiger partial charge >= 0.3 is 0 Å². The largest absolute Gasteiger partial charge is 0.390 e. The fourth-order valence-electron chi connectivity index (χ4n) is 4.68. The molecule has 3 aromatic heterocycles. The highest BCUT2D eigenvalue weighted by Crippen LogP contribution is 2.35. The van der Waals surface area contributed by atoms with E-state index in [-0.39, 0.29) is 30.5 Å². The van der Waals surface area contributed by atoms with E-state index in [0.29, 0.717) is 5.69 Å². The molecule has 3 heterocycles. The van der Waals surface area contributed by atoms with Crippen LogP contribution in [0.3, 0.4) is 0 Å². The maximum Gasteiger partial charge on any atom is 0.132 e. The summed E-state index contributed by atoms with van der Waals surface area (Å²) in [7, 11) is 0. The first-order valence-corrected chi connectivity index (χ1v) is 12.6. The van der Waals surface area contributed by atoms with E-state index in [1.54, 1.807) is 29.0 Å². The molecular formula is C30H27F3N6O. The molecule has 0 amide bonds. The fourth-order valence-corrected chi connectivity index (χ4v) is 4.68. The van der Waals surface area contributed by atoms with E-state index in [9.17, 15) is 18.3 Å². The minimum Gasteiger partial charge on any atom is -0.390 e. The number of hydrogen-bond acceptors (Lipinski definition) is 5.